The first-order valence-corrected chi connectivity index (χ1v) is 10.9. The second-order valence-corrected chi connectivity index (χ2v) is 8.76. The van der Waals surface area contributed by atoms with Crippen molar-refractivity contribution in [2.24, 2.45) is 0 Å². The molecule has 0 radical (unpaired) electrons. The summed E-state index contributed by atoms with van der Waals surface area (Å²) in [5, 5.41) is 1.98. The van der Waals surface area contributed by atoms with E-state index in [4.69, 9.17) is 9.47 Å². The van der Waals surface area contributed by atoms with Crippen LogP contribution in [0.4, 0.5) is 0 Å². The van der Waals surface area contributed by atoms with Crippen LogP contribution in [0.1, 0.15) is 32.8 Å². The van der Waals surface area contributed by atoms with Crippen LogP contribution in [-0.4, -0.2) is 81.0 Å². The number of nitrogens with zero attached hydrogens (tertiary/aromatic N) is 3. The summed E-state index contributed by atoms with van der Waals surface area (Å²) in [5.41, 5.74) is 1.20. The summed E-state index contributed by atoms with van der Waals surface area (Å²) in [5.74, 6) is 0.443. The van der Waals surface area contributed by atoms with Crippen LogP contribution in [0.15, 0.2) is 29.6 Å². The van der Waals surface area contributed by atoms with Gasteiger partial charge in [0.2, 0.25) is 5.91 Å². The van der Waals surface area contributed by atoms with Gasteiger partial charge < -0.3 is 24.2 Å². The maximum Gasteiger partial charge on any atom is 0.254 e. The lowest BCUT2D eigenvalue weighted by Gasteiger charge is -2.42. The third-order valence-corrected chi connectivity index (χ3v) is 7.03. The standard InChI is InChI=1S/C22H27N3O4S/c1-23-7-9-25(10-8-23)22(27)19-14-12-16(28-3)17(29-4)13-15(14)21(26)24(2)20(19)18-6-5-11-30-18/h5-6,11-13,19-20H,7-10H2,1-4H3/t19-,20+/m1/s1. The van der Waals surface area contributed by atoms with Gasteiger partial charge in [0.15, 0.2) is 11.5 Å². The van der Waals surface area contributed by atoms with Crippen molar-refractivity contribution in [1.82, 2.24) is 14.7 Å². The highest BCUT2D eigenvalue weighted by Gasteiger charge is 2.45. The maximum atomic E-state index is 13.8. The van der Waals surface area contributed by atoms with E-state index in [1.54, 1.807) is 49.6 Å². The Morgan fingerprint density at radius 1 is 1.07 bits per heavy atom. The Bertz CT molecular complexity index is 938. The van der Waals surface area contributed by atoms with Gasteiger partial charge in [-0.15, -0.1) is 11.3 Å². The Morgan fingerprint density at radius 3 is 2.33 bits per heavy atom. The van der Waals surface area contributed by atoms with Crippen molar-refractivity contribution in [3.63, 3.8) is 0 Å². The van der Waals surface area contributed by atoms with Crippen molar-refractivity contribution in [2.75, 3.05) is 54.5 Å². The average molecular weight is 430 g/mol. The molecular weight excluding hydrogens is 402 g/mol. The van der Waals surface area contributed by atoms with Crippen LogP contribution in [-0.2, 0) is 4.79 Å². The van der Waals surface area contributed by atoms with Crippen molar-refractivity contribution >= 4 is 23.2 Å². The molecule has 0 aliphatic carbocycles. The van der Waals surface area contributed by atoms with E-state index in [0.717, 1.165) is 18.0 Å². The minimum atomic E-state index is -0.496. The van der Waals surface area contributed by atoms with E-state index >= 15 is 0 Å². The molecule has 1 aromatic heterocycles. The molecule has 2 aromatic rings. The number of hydrogen-bond acceptors (Lipinski definition) is 6. The van der Waals surface area contributed by atoms with Crippen LogP contribution in [0.2, 0.25) is 0 Å². The van der Waals surface area contributed by atoms with E-state index in [0.29, 0.717) is 35.7 Å². The normalized spacial score (nSPS) is 22.1. The summed E-state index contributed by atoms with van der Waals surface area (Å²) in [4.78, 5) is 34.0. The number of thiophene rings is 1. The quantitative estimate of drug-likeness (QED) is 0.747. The topological polar surface area (TPSA) is 62.3 Å². The molecule has 4 rings (SSSR count). The second-order valence-electron chi connectivity index (χ2n) is 7.78. The highest BCUT2D eigenvalue weighted by atomic mass is 32.1. The molecule has 2 aliphatic heterocycles. The van der Waals surface area contributed by atoms with Crippen molar-refractivity contribution in [2.45, 2.75) is 12.0 Å². The molecule has 2 atom stereocenters. The lowest BCUT2D eigenvalue weighted by molar-refractivity contribution is -0.136. The first kappa shape index (κ1) is 20.7. The number of likely N-dealkylation sites (N-methyl/N-ethyl adjacent to an activating group) is 2. The number of benzene rings is 1. The van der Waals surface area contributed by atoms with Gasteiger partial charge in [0.05, 0.1) is 26.2 Å². The molecule has 2 amide bonds. The Balaban J connectivity index is 1.85. The molecule has 1 saturated heterocycles. The molecule has 3 heterocycles. The predicted molar refractivity (Wildman–Crippen MR) is 116 cm³/mol. The summed E-state index contributed by atoms with van der Waals surface area (Å²) in [7, 11) is 6.95. The fourth-order valence-corrected chi connectivity index (χ4v) is 5.26. The predicted octanol–water partition coefficient (Wildman–Crippen LogP) is 2.45. The zero-order chi connectivity index (χ0) is 21.4. The molecule has 30 heavy (non-hydrogen) atoms. The highest BCUT2D eigenvalue weighted by Crippen LogP contribution is 2.47. The zero-order valence-corrected chi connectivity index (χ0v) is 18.6. The number of hydrogen-bond donors (Lipinski definition) is 0. The Kier molecular flexibility index (Phi) is 5.71. The van der Waals surface area contributed by atoms with Crippen LogP contribution >= 0.6 is 11.3 Å². The summed E-state index contributed by atoms with van der Waals surface area (Å²) in [6.07, 6.45) is 0. The maximum absolute atomic E-state index is 13.8. The Hall–Kier alpha value is -2.58. The smallest absolute Gasteiger partial charge is 0.254 e. The van der Waals surface area contributed by atoms with Crippen molar-refractivity contribution in [1.29, 1.82) is 0 Å². The first-order chi connectivity index (χ1) is 14.5. The minimum absolute atomic E-state index is 0.0503. The summed E-state index contributed by atoms with van der Waals surface area (Å²) < 4.78 is 10.9. The number of amides is 2. The van der Waals surface area contributed by atoms with E-state index in [1.165, 1.54) is 0 Å². The summed E-state index contributed by atoms with van der Waals surface area (Å²) in [6, 6.07) is 7.10. The third-order valence-electron chi connectivity index (χ3n) is 6.09. The highest BCUT2D eigenvalue weighted by molar-refractivity contribution is 7.10. The Labute approximate surface area is 180 Å². The molecule has 1 aromatic carbocycles. The van der Waals surface area contributed by atoms with E-state index in [-0.39, 0.29) is 17.9 Å². The van der Waals surface area contributed by atoms with Crippen molar-refractivity contribution in [3.8, 4) is 11.5 Å². The molecule has 0 unspecified atom stereocenters. The van der Waals surface area contributed by atoms with Gasteiger partial charge in [0.1, 0.15) is 0 Å². The fourth-order valence-electron chi connectivity index (χ4n) is 4.35. The zero-order valence-electron chi connectivity index (χ0n) is 17.8. The fraction of sp³-hybridized carbons (Fsp3) is 0.455. The number of carbonyl (C=O) groups is 2. The number of ether oxygens (including phenoxy) is 2. The molecule has 0 spiro atoms. The van der Waals surface area contributed by atoms with E-state index < -0.39 is 5.92 Å². The number of piperazine rings is 1. The van der Waals surface area contributed by atoms with Crippen LogP contribution in [0, 0.1) is 0 Å². The number of fused-ring (bicyclic) bond motifs is 1. The van der Waals surface area contributed by atoms with Gasteiger partial charge in [0.25, 0.3) is 5.91 Å². The SMILES string of the molecule is COc1cc2c(cc1OC)[C@@H](C(=O)N1CCN(C)CC1)[C@H](c1cccs1)N(C)C2=O. The summed E-state index contributed by atoms with van der Waals surface area (Å²) in [6.45, 7) is 3.05. The number of carbonyl (C=O) groups excluding carboxylic acids is 2. The lowest BCUT2D eigenvalue weighted by atomic mass is 9.81. The molecule has 8 heteroatoms. The summed E-state index contributed by atoms with van der Waals surface area (Å²) >= 11 is 1.57. The van der Waals surface area contributed by atoms with Gasteiger partial charge in [-0.05, 0) is 36.2 Å². The van der Waals surface area contributed by atoms with Crippen LogP contribution in [0.3, 0.4) is 0 Å². The lowest BCUT2D eigenvalue weighted by Crippen LogP contribution is -2.52. The van der Waals surface area contributed by atoms with Gasteiger partial charge in [-0.2, -0.15) is 0 Å². The van der Waals surface area contributed by atoms with E-state index in [2.05, 4.69) is 11.9 Å². The van der Waals surface area contributed by atoms with Gasteiger partial charge in [-0.25, -0.2) is 0 Å². The van der Waals surface area contributed by atoms with Gasteiger partial charge in [-0.3, -0.25) is 9.59 Å². The molecule has 1 fully saturated rings. The third kappa shape index (κ3) is 3.44. The Morgan fingerprint density at radius 2 is 1.73 bits per heavy atom. The van der Waals surface area contributed by atoms with Crippen LogP contribution in [0.25, 0.3) is 0 Å². The van der Waals surface area contributed by atoms with Crippen molar-refractivity contribution < 1.29 is 19.1 Å². The second kappa shape index (κ2) is 8.28. The molecule has 2 aliphatic rings. The van der Waals surface area contributed by atoms with Gasteiger partial charge >= 0.3 is 0 Å². The monoisotopic (exact) mass is 429 g/mol. The molecular formula is C22H27N3O4S. The van der Waals surface area contributed by atoms with Crippen LogP contribution in [0.5, 0.6) is 11.5 Å². The number of rotatable bonds is 4. The average Bonchev–Trinajstić information content (AvgIpc) is 3.29. The largest absolute Gasteiger partial charge is 0.493 e. The first-order valence-electron chi connectivity index (χ1n) is 10.00. The molecule has 160 valence electrons. The van der Waals surface area contributed by atoms with Crippen LogP contribution < -0.4 is 9.47 Å². The van der Waals surface area contributed by atoms with E-state index in [9.17, 15) is 9.59 Å². The van der Waals surface area contributed by atoms with Gasteiger partial charge in [-0.1, -0.05) is 6.07 Å². The van der Waals surface area contributed by atoms with E-state index in [1.807, 2.05) is 22.4 Å². The molecule has 0 N–H and O–H groups in total. The minimum Gasteiger partial charge on any atom is -0.493 e. The molecule has 0 saturated carbocycles. The molecule has 0 bridgehead atoms. The number of methoxy groups -OCH3 is 2. The van der Waals surface area contributed by atoms with Gasteiger partial charge in [0, 0.05) is 43.7 Å². The van der Waals surface area contributed by atoms with Crippen molar-refractivity contribution in [3.05, 3.63) is 45.6 Å². The molecule has 7 nitrogen and oxygen atoms in total.